The minimum absolute atomic E-state index is 0.0172. The van der Waals surface area contributed by atoms with Gasteiger partial charge in [-0.15, -0.1) is 0 Å². The number of thiocarbonyl (C=S) groups is 1. The summed E-state index contributed by atoms with van der Waals surface area (Å²) in [5, 5.41) is 2.69. The van der Waals surface area contributed by atoms with Crippen molar-refractivity contribution < 1.29 is 14.3 Å². The fourth-order valence-electron chi connectivity index (χ4n) is 4.16. The van der Waals surface area contributed by atoms with E-state index in [4.69, 9.17) is 17.0 Å². The van der Waals surface area contributed by atoms with Gasteiger partial charge in [0.05, 0.1) is 12.3 Å². The summed E-state index contributed by atoms with van der Waals surface area (Å²) in [5.41, 5.74) is 5.36. The molecule has 8 heteroatoms. The monoisotopic (exact) mass is 488 g/mol. The second kappa shape index (κ2) is 9.76. The zero-order valence-corrected chi connectivity index (χ0v) is 21.3. The molecule has 0 spiro atoms. The molecule has 0 aliphatic carbocycles. The molecule has 3 aromatic rings. The predicted octanol–water partition coefficient (Wildman–Crippen LogP) is 4.39. The highest BCUT2D eigenvalue weighted by molar-refractivity contribution is 7.80. The van der Waals surface area contributed by atoms with Gasteiger partial charge in [-0.2, -0.15) is 0 Å². The fourth-order valence-corrected chi connectivity index (χ4v) is 4.44. The van der Waals surface area contributed by atoms with E-state index in [0.29, 0.717) is 18.0 Å². The number of amides is 2. The molecule has 1 saturated heterocycles. The number of hydrogen-bond donors (Lipinski definition) is 1. The van der Waals surface area contributed by atoms with Crippen LogP contribution in [0.25, 0.3) is 11.8 Å². The maximum atomic E-state index is 13.5. The predicted molar refractivity (Wildman–Crippen MR) is 143 cm³/mol. The van der Waals surface area contributed by atoms with Crippen LogP contribution in [-0.2, 0) is 9.59 Å². The van der Waals surface area contributed by atoms with Crippen LogP contribution in [0.3, 0.4) is 0 Å². The van der Waals surface area contributed by atoms with Crippen molar-refractivity contribution >= 4 is 46.6 Å². The number of nitrogens with zero attached hydrogens (tertiary/aromatic N) is 3. The zero-order chi connectivity index (χ0) is 25.3. The van der Waals surface area contributed by atoms with Crippen LogP contribution in [0.1, 0.15) is 23.9 Å². The van der Waals surface area contributed by atoms with Crippen molar-refractivity contribution in [3.05, 3.63) is 77.1 Å². The number of aromatic nitrogens is 1. The average molecular weight is 489 g/mol. The Bertz CT molecular complexity index is 1340. The number of ether oxygens (including phenoxy) is 1. The van der Waals surface area contributed by atoms with Crippen LogP contribution in [0.4, 0.5) is 11.4 Å². The van der Waals surface area contributed by atoms with Crippen LogP contribution < -0.4 is 19.9 Å². The van der Waals surface area contributed by atoms with Crippen molar-refractivity contribution in [3.63, 3.8) is 0 Å². The number of benzene rings is 2. The first-order chi connectivity index (χ1) is 16.7. The molecule has 4 rings (SSSR count). The minimum atomic E-state index is -0.516. The van der Waals surface area contributed by atoms with E-state index in [0.717, 1.165) is 28.3 Å². The smallest absolute Gasteiger partial charge is 0.270 e. The van der Waals surface area contributed by atoms with Gasteiger partial charge in [0.25, 0.3) is 11.8 Å². The van der Waals surface area contributed by atoms with Crippen molar-refractivity contribution in [3.8, 4) is 11.4 Å². The maximum absolute atomic E-state index is 13.5. The van der Waals surface area contributed by atoms with Gasteiger partial charge in [-0.25, -0.2) is 0 Å². The van der Waals surface area contributed by atoms with E-state index in [-0.39, 0.29) is 10.7 Å². The quantitative estimate of drug-likeness (QED) is 0.317. The van der Waals surface area contributed by atoms with Gasteiger partial charge in [0.2, 0.25) is 0 Å². The SMILES string of the molecule is CCOc1cccc(N2C(=O)/C(=C/c3cc(C)n(-c4ccc(N(C)C)cc4)c3C)C(=O)NC2=S)c1. The van der Waals surface area contributed by atoms with Crippen LogP contribution in [-0.4, -0.2) is 42.2 Å². The van der Waals surface area contributed by atoms with Gasteiger partial charge in [0.15, 0.2) is 5.11 Å². The highest BCUT2D eigenvalue weighted by Gasteiger charge is 2.35. The topological polar surface area (TPSA) is 66.8 Å². The number of aryl methyl sites for hydroxylation is 1. The molecule has 7 nitrogen and oxygen atoms in total. The van der Waals surface area contributed by atoms with Gasteiger partial charge in [0, 0.05) is 42.9 Å². The largest absolute Gasteiger partial charge is 0.494 e. The molecule has 0 unspecified atom stereocenters. The Morgan fingerprint density at radius 1 is 1.03 bits per heavy atom. The Morgan fingerprint density at radius 3 is 2.40 bits per heavy atom. The summed E-state index contributed by atoms with van der Waals surface area (Å²) in [5.74, 6) is -0.378. The lowest BCUT2D eigenvalue weighted by atomic mass is 10.1. The second-order valence-electron chi connectivity index (χ2n) is 8.46. The van der Waals surface area contributed by atoms with Crippen molar-refractivity contribution in [2.24, 2.45) is 0 Å². The first-order valence-electron chi connectivity index (χ1n) is 11.3. The van der Waals surface area contributed by atoms with Crippen molar-refractivity contribution in [1.82, 2.24) is 9.88 Å². The Kier molecular flexibility index (Phi) is 6.75. The van der Waals surface area contributed by atoms with Gasteiger partial charge in [-0.3, -0.25) is 19.8 Å². The molecule has 1 fully saturated rings. The minimum Gasteiger partial charge on any atom is -0.494 e. The highest BCUT2D eigenvalue weighted by Crippen LogP contribution is 2.28. The Morgan fingerprint density at radius 2 is 1.74 bits per heavy atom. The molecule has 1 aromatic heterocycles. The summed E-state index contributed by atoms with van der Waals surface area (Å²) >= 11 is 5.33. The van der Waals surface area contributed by atoms with E-state index in [1.807, 2.05) is 45.8 Å². The molecule has 0 bridgehead atoms. The summed E-state index contributed by atoms with van der Waals surface area (Å²) in [6.07, 6.45) is 1.63. The molecule has 0 saturated carbocycles. The summed E-state index contributed by atoms with van der Waals surface area (Å²) in [6.45, 7) is 6.35. The van der Waals surface area contributed by atoms with Crippen LogP contribution in [0, 0.1) is 13.8 Å². The lowest BCUT2D eigenvalue weighted by molar-refractivity contribution is -0.122. The Hall–Kier alpha value is -3.91. The number of hydrogen-bond acceptors (Lipinski definition) is 5. The van der Waals surface area contributed by atoms with Crippen molar-refractivity contribution in [2.45, 2.75) is 20.8 Å². The van der Waals surface area contributed by atoms with Gasteiger partial charge in [-0.1, -0.05) is 6.07 Å². The van der Waals surface area contributed by atoms with Crippen LogP contribution >= 0.6 is 12.2 Å². The number of anilines is 2. The first kappa shape index (κ1) is 24.2. The molecule has 2 amide bonds. The van der Waals surface area contributed by atoms with Crippen LogP contribution in [0.5, 0.6) is 5.75 Å². The van der Waals surface area contributed by atoms with Crippen LogP contribution in [0.15, 0.2) is 60.2 Å². The molecule has 0 atom stereocenters. The average Bonchev–Trinajstić information content (AvgIpc) is 3.09. The molecule has 2 aromatic carbocycles. The van der Waals surface area contributed by atoms with Crippen LogP contribution in [0.2, 0.25) is 0 Å². The standard InChI is InChI=1S/C27H28N4O3S/c1-6-34-23-9-7-8-22(16-23)31-26(33)24(25(32)28-27(31)35)15-19-14-17(2)30(18(19)3)21-12-10-20(11-13-21)29(4)5/h7-16H,6H2,1-5H3,(H,28,32,35)/b24-15+. The van der Waals surface area contributed by atoms with E-state index < -0.39 is 11.8 Å². The molecule has 1 aliphatic heterocycles. The summed E-state index contributed by atoms with van der Waals surface area (Å²) in [4.78, 5) is 29.6. The normalized spacial score (nSPS) is 14.9. The van der Waals surface area contributed by atoms with E-state index in [2.05, 4.69) is 34.1 Å². The van der Waals surface area contributed by atoms with E-state index in [1.165, 1.54) is 4.90 Å². The third-order valence-corrected chi connectivity index (χ3v) is 6.17. The zero-order valence-electron chi connectivity index (χ0n) is 20.5. The number of rotatable bonds is 6. The lowest BCUT2D eigenvalue weighted by Gasteiger charge is -2.29. The van der Waals surface area contributed by atoms with Gasteiger partial charge in [-0.05, 0) is 87.1 Å². The number of nitrogens with one attached hydrogen (secondary N) is 1. The van der Waals surface area contributed by atoms with Gasteiger partial charge in [0.1, 0.15) is 11.3 Å². The lowest BCUT2D eigenvalue weighted by Crippen LogP contribution is -2.54. The Labute approximate surface area is 210 Å². The van der Waals surface area contributed by atoms with Crippen molar-refractivity contribution in [2.75, 3.05) is 30.5 Å². The second-order valence-corrected chi connectivity index (χ2v) is 8.85. The fraction of sp³-hybridized carbons (Fsp3) is 0.222. The molecule has 1 N–H and O–H groups in total. The summed E-state index contributed by atoms with van der Waals surface area (Å²) in [6, 6.07) is 17.3. The van der Waals surface area contributed by atoms with E-state index in [1.54, 1.807) is 30.3 Å². The van der Waals surface area contributed by atoms with E-state index in [9.17, 15) is 9.59 Å². The van der Waals surface area contributed by atoms with Gasteiger partial charge >= 0.3 is 0 Å². The molecule has 2 heterocycles. The molecular formula is C27H28N4O3S. The number of carbonyl (C=O) groups is 2. The number of carbonyl (C=O) groups excluding carboxylic acids is 2. The third kappa shape index (κ3) is 4.70. The first-order valence-corrected chi connectivity index (χ1v) is 11.7. The summed E-state index contributed by atoms with van der Waals surface area (Å²) in [7, 11) is 4.00. The van der Waals surface area contributed by atoms with E-state index >= 15 is 0 Å². The molecular weight excluding hydrogens is 460 g/mol. The highest BCUT2D eigenvalue weighted by atomic mass is 32.1. The third-order valence-electron chi connectivity index (χ3n) is 5.88. The van der Waals surface area contributed by atoms with Crippen molar-refractivity contribution in [1.29, 1.82) is 0 Å². The molecule has 1 aliphatic rings. The maximum Gasteiger partial charge on any atom is 0.270 e. The molecule has 35 heavy (non-hydrogen) atoms. The van der Waals surface area contributed by atoms with Gasteiger partial charge < -0.3 is 14.2 Å². The Balaban J connectivity index is 1.71. The molecule has 0 radical (unpaired) electrons. The summed E-state index contributed by atoms with van der Waals surface area (Å²) < 4.78 is 7.66. The molecule has 180 valence electrons.